The van der Waals surface area contributed by atoms with Crippen LogP contribution in [0.15, 0.2) is 0 Å². The Labute approximate surface area is 60.3 Å². The van der Waals surface area contributed by atoms with Gasteiger partial charge in [-0.2, -0.15) is 0 Å². The van der Waals surface area contributed by atoms with Gasteiger partial charge < -0.3 is 24.5 Å². The molecule has 0 rings (SSSR count). The molecule has 0 spiro atoms. The quantitative estimate of drug-likeness (QED) is 0.175. The van der Waals surface area contributed by atoms with E-state index in [0.717, 1.165) is 0 Å². The van der Waals surface area contributed by atoms with E-state index in [1.165, 1.54) is 0 Å². The van der Waals surface area contributed by atoms with Crippen LogP contribution in [0.1, 0.15) is 0 Å². The number of hydrogen-bond donors (Lipinski definition) is 6. The number of hydrogen-bond acceptors (Lipinski definition) is 4. The van der Waals surface area contributed by atoms with Crippen LogP contribution < -0.4 is 0 Å². The molecule has 9 nitrogen and oxygen atoms in total. The third kappa shape index (κ3) is 67.4. The lowest BCUT2D eigenvalue weighted by molar-refractivity contribution is -0.158. The van der Waals surface area contributed by atoms with Crippen molar-refractivity contribution in [2.24, 2.45) is 0 Å². The molecule has 0 aromatic carbocycles. The largest absolute Gasteiger partial charge is 0.496 e. The minimum atomic E-state index is -4.64. The van der Waals surface area contributed by atoms with Crippen LogP contribution in [-0.4, -0.2) is 29.7 Å². The molecule has 0 aromatic heterocycles. The van der Waals surface area contributed by atoms with Crippen LogP contribution in [0.5, 0.6) is 0 Å². The fourth-order valence-electron chi connectivity index (χ4n) is 0. The van der Waals surface area contributed by atoms with Gasteiger partial charge in [0.05, 0.1) is 0 Å². The molecular weight excluding hydrogens is 206 g/mol. The van der Waals surface area contributed by atoms with Gasteiger partial charge in [0.15, 0.2) is 0 Å². The van der Waals surface area contributed by atoms with Crippen LogP contribution in [-0.2, 0) is 13.8 Å². The molecule has 6 N–H and O–H groups in total. The zero-order chi connectivity index (χ0) is 9.71. The Balaban J connectivity index is 0. The first kappa shape index (κ1) is 13.7. The maximum atomic E-state index is 9.22. The van der Waals surface area contributed by atoms with Gasteiger partial charge in [-0.05, 0) is 0 Å². The van der Waals surface area contributed by atoms with Gasteiger partial charge >= 0.3 is 15.6 Å². The monoisotopic (exact) mass is 212 g/mol. The lowest BCUT2D eigenvalue weighted by Gasteiger charge is -1.90. The maximum absolute atomic E-state index is 9.22. The first-order chi connectivity index (χ1) is 4.56. The summed E-state index contributed by atoms with van der Waals surface area (Å²) in [5, 5.41) is 7.14. The zero-order valence-electron chi connectivity index (χ0n) is 4.80. The first-order valence-electron chi connectivity index (χ1n) is 1.73. The molecule has 0 radical (unpaired) electrons. The van der Waals surface area contributed by atoms with Crippen LogP contribution in [0.3, 0.4) is 0 Å². The molecule has 0 saturated carbocycles. The Morgan fingerprint density at radius 1 is 0.909 bits per heavy atom. The van der Waals surface area contributed by atoms with Crippen molar-refractivity contribution in [1.82, 2.24) is 0 Å². The average Bonchev–Trinajstić information content (AvgIpc) is 1.59. The minimum absolute atomic E-state index is 2.60. The van der Waals surface area contributed by atoms with Gasteiger partial charge in [-0.3, -0.25) is 0 Å². The van der Waals surface area contributed by atoms with Crippen molar-refractivity contribution >= 4 is 15.6 Å². The second-order valence-electron chi connectivity index (χ2n) is 1.09. The SMILES string of the molecule is O=P(O)(O)O.O=P(O)(O)OO. The Bertz CT molecular complexity index is 160. The van der Waals surface area contributed by atoms with Crippen molar-refractivity contribution < 1.29 is 43.5 Å². The van der Waals surface area contributed by atoms with Crippen LogP contribution in [0.2, 0.25) is 0 Å². The van der Waals surface area contributed by atoms with Gasteiger partial charge in [-0.25, -0.2) is 14.4 Å². The topological polar surface area (TPSA) is 165 Å². The summed E-state index contributed by atoms with van der Waals surface area (Å²) >= 11 is 0. The van der Waals surface area contributed by atoms with Crippen LogP contribution in [0.4, 0.5) is 0 Å². The molecule has 0 atom stereocenters. The van der Waals surface area contributed by atoms with Gasteiger partial charge in [0.25, 0.3) is 0 Å². The fourth-order valence-corrected chi connectivity index (χ4v) is 0. The van der Waals surface area contributed by atoms with E-state index in [1.807, 2.05) is 0 Å². The normalized spacial score (nSPS) is 11.8. The zero-order valence-corrected chi connectivity index (χ0v) is 6.59. The molecule has 0 saturated heterocycles. The predicted molar refractivity (Wildman–Crippen MR) is 30.0 cm³/mol. The highest BCUT2D eigenvalue weighted by atomic mass is 31.2. The van der Waals surface area contributed by atoms with Crippen molar-refractivity contribution in [3.05, 3.63) is 0 Å². The molecule has 0 bridgehead atoms. The summed E-state index contributed by atoms with van der Waals surface area (Å²) in [7, 11) is -9.23. The Morgan fingerprint density at radius 3 is 1.00 bits per heavy atom. The molecule has 70 valence electrons. The fraction of sp³-hybridized carbons (Fsp3) is 0. The highest BCUT2D eigenvalue weighted by Crippen LogP contribution is 2.33. The molecule has 0 heterocycles. The predicted octanol–water partition coefficient (Wildman–Crippen LogP) is -1.36. The summed E-state index contributed by atoms with van der Waals surface area (Å²) in [6.07, 6.45) is 0. The highest BCUT2D eigenvalue weighted by molar-refractivity contribution is 7.46. The smallest absolute Gasteiger partial charge is 0.303 e. The molecule has 0 unspecified atom stereocenters. The maximum Gasteiger partial charge on any atom is 0.496 e. The van der Waals surface area contributed by atoms with Crippen molar-refractivity contribution in [3.8, 4) is 0 Å². The van der Waals surface area contributed by atoms with Crippen LogP contribution in [0, 0.1) is 0 Å². The molecule has 0 aliphatic carbocycles. The Morgan fingerprint density at radius 2 is 1.00 bits per heavy atom. The van der Waals surface area contributed by atoms with Crippen LogP contribution >= 0.6 is 15.6 Å². The lowest BCUT2D eigenvalue weighted by atomic mass is 15.0. The standard InChI is InChI=1S/H3O5P.H3O4P/c1-5-6(2,3)4;1-5(2,3)4/h1H,(H2,2,3,4);(H3,1,2,3,4). The van der Waals surface area contributed by atoms with E-state index < -0.39 is 15.6 Å². The van der Waals surface area contributed by atoms with E-state index in [1.54, 1.807) is 0 Å². The molecule has 11 heteroatoms. The van der Waals surface area contributed by atoms with E-state index in [-0.39, 0.29) is 0 Å². The van der Waals surface area contributed by atoms with E-state index >= 15 is 0 Å². The van der Waals surface area contributed by atoms with E-state index in [2.05, 4.69) is 4.67 Å². The Kier molecular flexibility index (Phi) is 6.17. The summed E-state index contributed by atoms with van der Waals surface area (Å²) in [6, 6.07) is 0. The summed E-state index contributed by atoms with van der Waals surface area (Å²) in [5.41, 5.74) is 0. The molecule has 0 aliphatic rings. The van der Waals surface area contributed by atoms with Crippen LogP contribution in [0.25, 0.3) is 0 Å². The summed E-state index contributed by atoms with van der Waals surface area (Å²) in [6.45, 7) is 0. The Hall–Kier alpha value is 0.180. The van der Waals surface area contributed by atoms with Crippen molar-refractivity contribution in [1.29, 1.82) is 0 Å². The summed E-state index contributed by atoms with van der Waals surface area (Å²) in [5.74, 6) is 0. The third-order valence-electron chi connectivity index (χ3n) is 0.106. The number of rotatable bonds is 1. The molecule has 0 aliphatic heterocycles. The highest BCUT2D eigenvalue weighted by Gasteiger charge is 2.10. The van der Waals surface area contributed by atoms with Crippen molar-refractivity contribution in [2.45, 2.75) is 0 Å². The van der Waals surface area contributed by atoms with Gasteiger partial charge in [-0.15, -0.1) is 4.67 Å². The van der Waals surface area contributed by atoms with Crippen molar-refractivity contribution in [2.75, 3.05) is 0 Å². The summed E-state index contributed by atoms with van der Waals surface area (Å²) < 4.78 is 20.7. The molecular formula is H6O9P2. The van der Waals surface area contributed by atoms with Gasteiger partial charge in [0.1, 0.15) is 0 Å². The minimum Gasteiger partial charge on any atom is -0.303 e. The van der Waals surface area contributed by atoms with Gasteiger partial charge in [0.2, 0.25) is 0 Å². The van der Waals surface area contributed by atoms with E-state index in [0.29, 0.717) is 0 Å². The van der Waals surface area contributed by atoms with Gasteiger partial charge in [-0.1, -0.05) is 0 Å². The number of phosphoric acid groups is 2. The molecule has 0 fully saturated rings. The second-order valence-corrected chi connectivity index (χ2v) is 3.26. The average molecular weight is 212 g/mol. The molecule has 11 heavy (non-hydrogen) atoms. The van der Waals surface area contributed by atoms with Crippen molar-refractivity contribution in [3.63, 3.8) is 0 Å². The van der Waals surface area contributed by atoms with Gasteiger partial charge in [0, 0.05) is 0 Å². The molecule has 0 amide bonds. The van der Waals surface area contributed by atoms with E-state index in [9.17, 15) is 4.57 Å². The third-order valence-corrected chi connectivity index (χ3v) is 0.319. The van der Waals surface area contributed by atoms with E-state index in [4.69, 9.17) is 34.3 Å². The summed E-state index contributed by atoms with van der Waals surface area (Å²) in [4.78, 5) is 36.5. The first-order valence-corrected chi connectivity index (χ1v) is 4.83. The second kappa shape index (κ2) is 4.94. The molecule has 0 aromatic rings. The lowest BCUT2D eigenvalue weighted by Crippen LogP contribution is -1.77.